The maximum absolute atomic E-state index is 12.0. The third kappa shape index (κ3) is 6.52. The molecule has 2 N–H and O–H groups in total. The summed E-state index contributed by atoms with van der Waals surface area (Å²) in [6.07, 6.45) is 3.32. The number of thioether (sulfide) groups is 1. The molecule has 29 heavy (non-hydrogen) atoms. The summed E-state index contributed by atoms with van der Waals surface area (Å²) in [5, 5.41) is 7.06. The van der Waals surface area contributed by atoms with Crippen molar-refractivity contribution in [2.45, 2.75) is 50.4 Å². The molecule has 8 heteroatoms. The fraction of sp³-hybridized carbons (Fsp3) is 0.476. The van der Waals surface area contributed by atoms with Crippen LogP contribution in [0.1, 0.15) is 33.6 Å². The Morgan fingerprint density at radius 3 is 2.48 bits per heavy atom. The van der Waals surface area contributed by atoms with Crippen molar-refractivity contribution in [2.75, 3.05) is 29.6 Å². The Hall–Kier alpha value is -2.48. The third-order valence-corrected chi connectivity index (χ3v) is 5.01. The van der Waals surface area contributed by atoms with Gasteiger partial charge in [-0.1, -0.05) is 30.0 Å². The summed E-state index contributed by atoms with van der Waals surface area (Å²) in [5.74, 6) is 1.68. The molecule has 0 saturated carbocycles. The van der Waals surface area contributed by atoms with Crippen molar-refractivity contribution in [1.82, 2.24) is 15.3 Å². The van der Waals surface area contributed by atoms with E-state index >= 15 is 0 Å². The number of carbonyl (C=O) groups excluding carboxylic acids is 1. The van der Waals surface area contributed by atoms with Gasteiger partial charge in [-0.05, 0) is 52.0 Å². The van der Waals surface area contributed by atoms with Gasteiger partial charge in [-0.3, -0.25) is 0 Å². The number of alkyl carbamates (subject to hydrolysis) is 1. The first-order valence-electron chi connectivity index (χ1n) is 9.82. The molecule has 1 aromatic carbocycles. The van der Waals surface area contributed by atoms with Crippen LogP contribution in [0.4, 0.5) is 22.1 Å². The van der Waals surface area contributed by atoms with E-state index in [2.05, 4.69) is 25.5 Å². The van der Waals surface area contributed by atoms with E-state index in [4.69, 9.17) is 4.74 Å². The van der Waals surface area contributed by atoms with Gasteiger partial charge in [0.2, 0.25) is 0 Å². The molecule has 0 aliphatic carbocycles. The number of aromatic nitrogens is 2. The number of hydrogen-bond acceptors (Lipinski definition) is 7. The quantitative estimate of drug-likeness (QED) is 0.552. The van der Waals surface area contributed by atoms with Crippen LogP contribution in [0.5, 0.6) is 0 Å². The van der Waals surface area contributed by atoms with Crippen molar-refractivity contribution < 1.29 is 9.53 Å². The lowest BCUT2D eigenvalue weighted by atomic mass is 10.1. The van der Waals surface area contributed by atoms with Crippen LogP contribution in [0.15, 0.2) is 41.6 Å². The molecule has 156 valence electrons. The number of nitrogens with one attached hydrogen (secondary N) is 2. The fourth-order valence-corrected chi connectivity index (χ4v) is 3.50. The van der Waals surface area contributed by atoms with Crippen molar-refractivity contribution in [3.8, 4) is 0 Å². The predicted octanol–water partition coefficient (Wildman–Crippen LogP) is 4.44. The van der Waals surface area contributed by atoms with Gasteiger partial charge in [-0.25, -0.2) is 14.8 Å². The topological polar surface area (TPSA) is 79.4 Å². The van der Waals surface area contributed by atoms with Gasteiger partial charge >= 0.3 is 6.09 Å². The van der Waals surface area contributed by atoms with Crippen molar-refractivity contribution in [1.29, 1.82) is 0 Å². The van der Waals surface area contributed by atoms with Gasteiger partial charge in [0, 0.05) is 30.9 Å². The second kappa shape index (κ2) is 9.35. The summed E-state index contributed by atoms with van der Waals surface area (Å²) in [7, 11) is 0. The van der Waals surface area contributed by atoms with Crippen LogP contribution in [0.25, 0.3) is 0 Å². The molecular formula is C21H29N5O2S. The van der Waals surface area contributed by atoms with E-state index in [1.165, 1.54) is 11.8 Å². The Kier molecular flexibility index (Phi) is 6.84. The van der Waals surface area contributed by atoms with Crippen LogP contribution in [-0.4, -0.2) is 47.0 Å². The molecule has 0 unspecified atom stereocenters. The van der Waals surface area contributed by atoms with Gasteiger partial charge in [0.05, 0.1) is 0 Å². The summed E-state index contributed by atoms with van der Waals surface area (Å²) < 4.78 is 5.36. The zero-order valence-corrected chi connectivity index (χ0v) is 18.3. The van der Waals surface area contributed by atoms with E-state index in [0.717, 1.165) is 48.4 Å². The normalized spacial score (nSPS) is 15.1. The van der Waals surface area contributed by atoms with E-state index in [9.17, 15) is 4.79 Å². The second-order valence-corrected chi connectivity index (χ2v) is 8.77. The Morgan fingerprint density at radius 1 is 1.17 bits per heavy atom. The van der Waals surface area contributed by atoms with Crippen LogP contribution in [0.3, 0.4) is 0 Å². The van der Waals surface area contributed by atoms with Crippen LogP contribution in [0.2, 0.25) is 0 Å². The Balaban J connectivity index is 1.62. The van der Waals surface area contributed by atoms with Gasteiger partial charge in [-0.15, -0.1) is 0 Å². The predicted molar refractivity (Wildman–Crippen MR) is 118 cm³/mol. The molecule has 0 spiro atoms. The van der Waals surface area contributed by atoms with Crippen molar-refractivity contribution >= 4 is 35.2 Å². The molecule has 1 aliphatic heterocycles. The van der Waals surface area contributed by atoms with Gasteiger partial charge < -0.3 is 20.3 Å². The number of piperidine rings is 1. The average molecular weight is 416 g/mol. The number of carbonyl (C=O) groups is 1. The first-order chi connectivity index (χ1) is 13.8. The third-order valence-electron chi connectivity index (χ3n) is 4.46. The van der Waals surface area contributed by atoms with Gasteiger partial charge in [0.1, 0.15) is 17.2 Å². The van der Waals surface area contributed by atoms with Crippen LogP contribution >= 0.6 is 11.8 Å². The first-order valence-corrected chi connectivity index (χ1v) is 11.0. The molecule has 1 aromatic heterocycles. The minimum Gasteiger partial charge on any atom is -0.444 e. The average Bonchev–Trinajstić information content (AvgIpc) is 2.67. The van der Waals surface area contributed by atoms with Crippen LogP contribution in [-0.2, 0) is 4.74 Å². The Morgan fingerprint density at radius 2 is 1.86 bits per heavy atom. The highest BCUT2D eigenvalue weighted by atomic mass is 32.2. The lowest BCUT2D eigenvalue weighted by Crippen LogP contribution is -2.46. The van der Waals surface area contributed by atoms with E-state index in [1.54, 1.807) is 0 Å². The molecule has 1 amide bonds. The number of nitrogens with zero attached hydrogens (tertiary/aromatic N) is 3. The van der Waals surface area contributed by atoms with Gasteiger partial charge in [0.25, 0.3) is 0 Å². The lowest BCUT2D eigenvalue weighted by molar-refractivity contribution is 0.0497. The molecule has 0 atom stereocenters. The number of para-hydroxylation sites is 1. The maximum Gasteiger partial charge on any atom is 0.407 e. The number of anilines is 3. The van der Waals surface area contributed by atoms with Crippen molar-refractivity contribution in [3.63, 3.8) is 0 Å². The molecule has 2 aromatic rings. The summed E-state index contributed by atoms with van der Waals surface area (Å²) in [6, 6.07) is 12.1. The molecule has 1 fully saturated rings. The molecule has 7 nitrogen and oxygen atoms in total. The summed E-state index contributed by atoms with van der Waals surface area (Å²) in [6.45, 7) is 7.24. The van der Waals surface area contributed by atoms with Crippen LogP contribution in [0, 0.1) is 0 Å². The van der Waals surface area contributed by atoms with E-state index < -0.39 is 5.60 Å². The number of ether oxygens (including phenoxy) is 1. The number of hydrogen-bond donors (Lipinski definition) is 2. The molecule has 3 rings (SSSR count). The first kappa shape index (κ1) is 21.2. The molecular weight excluding hydrogens is 386 g/mol. The standard InChI is InChI=1S/C21H29N5O2S/c1-21(2,3)28-20(27)23-16-10-12-26(13-11-16)18-14-17(24-19(25-18)29-4)22-15-8-6-5-7-9-15/h5-9,14,16H,10-13H2,1-4H3,(H,23,27)(H,22,24,25). The maximum atomic E-state index is 12.0. The van der Waals surface area contributed by atoms with Gasteiger partial charge in [0.15, 0.2) is 5.16 Å². The summed E-state index contributed by atoms with van der Waals surface area (Å²) in [5.41, 5.74) is 0.506. The van der Waals surface area contributed by atoms with Gasteiger partial charge in [-0.2, -0.15) is 0 Å². The minimum atomic E-state index is -0.484. The van der Waals surface area contributed by atoms with Crippen LogP contribution < -0.4 is 15.5 Å². The number of rotatable bonds is 5. The highest BCUT2D eigenvalue weighted by molar-refractivity contribution is 7.98. The summed E-state index contributed by atoms with van der Waals surface area (Å²) in [4.78, 5) is 23.5. The highest BCUT2D eigenvalue weighted by Gasteiger charge is 2.24. The van der Waals surface area contributed by atoms with E-state index in [-0.39, 0.29) is 12.1 Å². The molecule has 1 saturated heterocycles. The van der Waals surface area contributed by atoms with Crippen molar-refractivity contribution in [2.24, 2.45) is 0 Å². The second-order valence-electron chi connectivity index (χ2n) is 8.00. The number of amides is 1. The van der Waals surface area contributed by atoms with E-state index in [1.807, 2.05) is 63.4 Å². The zero-order chi connectivity index (χ0) is 20.9. The smallest absolute Gasteiger partial charge is 0.407 e. The molecule has 2 heterocycles. The SMILES string of the molecule is CSc1nc(Nc2ccccc2)cc(N2CCC(NC(=O)OC(C)(C)C)CC2)n1. The zero-order valence-electron chi connectivity index (χ0n) is 17.4. The fourth-order valence-electron chi connectivity index (χ4n) is 3.13. The largest absolute Gasteiger partial charge is 0.444 e. The molecule has 1 aliphatic rings. The Labute approximate surface area is 176 Å². The molecule has 0 bridgehead atoms. The van der Waals surface area contributed by atoms with Crippen molar-refractivity contribution in [3.05, 3.63) is 36.4 Å². The lowest BCUT2D eigenvalue weighted by Gasteiger charge is -2.33. The Bertz CT molecular complexity index is 818. The highest BCUT2D eigenvalue weighted by Crippen LogP contribution is 2.25. The van der Waals surface area contributed by atoms with E-state index in [0.29, 0.717) is 0 Å². The minimum absolute atomic E-state index is 0.116. The molecule has 0 radical (unpaired) electrons. The number of benzene rings is 1. The summed E-state index contributed by atoms with van der Waals surface area (Å²) >= 11 is 1.52. The monoisotopic (exact) mass is 415 g/mol.